The third-order valence-electron chi connectivity index (χ3n) is 4.95. The molecule has 3 rings (SSSR count). The predicted octanol–water partition coefficient (Wildman–Crippen LogP) is 5.39. The molecule has 0 saturated heterocycles. The van der Waals surface area contributed by atoms with Gasteiger partial charge in [-0.15, -0.1) is 10.2 Å². The number of carbonyl (C=O) groups excluding carboxylic acids is 2. The van der Waals surface area contributed by atoms with Crippen molar-refractivity contribution in [2.75, 3.05) is 11.1 Å². The van der Waals surface area contributed by atoms with Crippen molar-refractivity contribution in [1.29, 1.82) is 0 Å². The number of anilines is 1. The molecule has 2 amide bonds. The van der Waals surface area contributed by atoms with E-state index in [-0.39, 0.29) is 22.6 Å². The van der Waals surface area contributed by atoms with E-state index < -0.39 is 6.04 Å². The van der Waals surface area contributed by atoms with E-state index in [1.165, 1.54) is 23.4 Å². The van der Waals surface area contributed by atoms with Gasteiger partial charge in [-0.3, -0.25) is 9.59 Å². The van der Waals surface area contributed by atoms with Gasteiger partial charge in [-0.25, -0.2) is 0 Å². The van der Waals surface area contributed by atoms with Crippen molar-refractivity contribution >= 4 is 52.5 Å². The van der Waals surface area contributed by atoms with Gasteiger partial charge in [-0.1, -0.05) is 54.0 Å². The van der Waals surface area contributed by atoms with Crippen molar-refractivity contribution in [3.63, 3.8) is 0 Å². The molecule has 0 radical (unpaired) electrons. The summed E-state index contributed by atoms with van der Waals surface area (Å²) in [5, 5.41) is 15.6. The molecule has 0 bridgehead atoms. The van der Waals surface area contributed by atoms with Crippen LogP contribution in [0.25, 0.3) is 0 Å². The molecule has 1 aromatic heterocycles. The average molecular weight is 506 g/mol. The monoisotopic (exact) mass is 505 g/mol. The normalized spacial score (nSPS) is 11.8. The van der Waals surface area contributed by atoms with Gasteiger partial charge in [0.25, 0.3) is 5.91 Å². The number of benzene rings is 2. The minimum absolute atomic E-state index is 0.129. The number of nitrogens with zero attached hydrogens (tertiary/aromatic N) is 3. The summed E-state index contributed by atoms with van der Waals surface area (Å²) in [6.07, 6.45) is 0.949. The Hall–Kier alpha value is -2.55. The Labute approximate surface area is 207 Å². The summed E-state index contributed by atoms with van der Waals surface area (Å²) in [5.74, 6) is 0.316. The van der Waals surface area contributed by atoms with Gasteiger partial charge < -0.3 is 15.2 Å². The number of nitrogens with one attached hydrogen (secondary N) is 2. The topological polar surface area (TPSA) is 88.9 Å². The number of carbonyl (C=O) groups is 2. The summed E-state index contributed by atoms with van der Waals surface area (Å²) >= 11 is 13.3. The van der Waals surface area contributed by atoms with Crippen LogP contribution in [-0.2, 0) is 17.8 Å². The van der Waals surface area contributed by atoms with Gasteiger partial charge in [-0.2, -0.15) is 0 Å². The van der Waals surface area contributed by atoms with Crippen LogP contribution < -0.4 is 10.6 Å². The zero-order valence-corrected chi connectivity index (χ0v) is 20.9. The molecule has 0 spiro atoms. The Balaban J connectivity index is 1.62. The first-order valence-electron chi connectivity index (χ1n) is 10.5. The molecule has 0 aliphatic carbocycles. The summed E-state index contributed by atoms with van der Waals surface area (Å²) in [5.41, 5.74) is 2.30. The standard InChI is InChI=1S/C23H25Cl2N5O2S/c1-4-15-6-9-17(10-7-15)27-20(31)13-33-23-29-28-21(30(23)5-2)14(3)26-22(32)18-11-8-16(24)12-19(18)25/h6-12,14H,4-5,13H2,1-3H3,(H,26,32)(H,27,31)/t14-/m0/s1. The molecule has 3 aromatic rings. The van der Waals surface area contributed by atoms with Crippen LogP contribution in [0.3, 0.4) is 0 Å². The zero-order chi connectivity index (χ0) is 24.0. The number of hydrogen-bond donors (Lipinski definition) is 2. The molecule has 0 unspecified atom stereocenters. The molecule has 10 heteroatoms. The van der Waals surface area contributed by atoms with E-state index in [2.05, 4.69) is 27.8 Å². The van der Waals surface area contributed by atoms with Crippen molar-refractivity contribution in [2.45, 2.75) is 44.9 Å². The maximum absolute atomic E-state index is 12.6. The first-order valence-corrected chi connectivity index (χ1v) is 12.3. The third kappa shape index (κ3) is 6.50. The lowest BCUT2D eigenvalue weighted by atomic mass is 10.1. The fourth-order valence-electron chi connectivity index (χ4n) is 3.19. The van der Waals surface area contributed by atoms with Crippen molar-refractivity contribution < 1.29 is 9.59 Å². The molecule has 174 valence electrons. The van der Waals surface area contributed by atoms with E-state index >= 15 is 0 Å². The fourth-order valence-corrected chi connectivity index (χ4v) is 4.49. The van der Waals surface area contributed by atoms with Gasteiger partial charge in [0, 0.05) is 17.3 Å². The lowest BCUT2D eigenvalue weighted by Gasteiger charge is -2.15. The smallest absolute Gasteiger partial charge is 0.253 e. The van der Waals surface area contributed by atoms with E-state index in [0.717, 1.165) is 12.1 Å². The lowest BCUT2D eigenvalue weighted by Crippen LogP contribution is -2.29. The molecule has 0 fully saturated rings. The number of hydrogen-bond acceptors (Lipinski definition) is 5. The van der Waals surface area contributed by atoms with Crippen LogP contribution in [0.5, 0.6) is 0 Å². The van der Waals surface area contributed by atoms with Crippen LogP contribution in [0.4, 0.5) is 5.69 Å². The number of thioether (sulfide) groups is 1. The number of rotatable bonds is 9. The summed E-state index contributed by atoms with van der Waals surface area (Å²) in [4.78, 5) is 25.0. The van der Waals surface area contributed by atoms with Crippen molar-refractivity contribution in [1.82, 2.24) is 20.1 Å². The van der Waals surface area contributed by atoms with E-state index in [1.54, 1.807) is 12.1 Å². The maximum Gasteiger partial charge on any atom is 0.253 e. The van der Waals surface area contributed by atoms with Gasteiger partial charge in [-0.05, 0) is 56.2 Å². The van der Waals surface area contributed by atoms with Crippen LogP contribution in [0.1, 0.15) is 48.6 Å². The molecule has 33 heavy (non-hydrogen) atoms. The van der Waals surface area contributed by atoms with Crippen molar-refractivity contribution in [2.24, 2.45) is 0 Å². The van der Waals surface area contributed by atoms with E-state index in [0.29, 0.717) is 28.1 Å². The highest BCUT2D eigenvalue weighted by atomic mass is 35.5. The van der Waals surface area contributed by atoms with Gasteiger partial charge >= 0.3 is 0 Å². The Morgan fingerprint density at radius 3 is 2.45 bits per heavy atom. The second-order valence-electron chi connectivity index (χ2n) is 7.29. The van der Waals surface area contributed by atoms with E-state index in [4.69, 9.17) is 23.2 Å². The van der Waals surface area contributed by atoms with E-state index in [9.17, 15) is 9.59 Å². The quantitative estimate of drug-likeness (QED) is 0.380. The SMILES string of the molecule is CCc1ccc(NC(=O)CSc2nnc([C@H](C)NC(=O)c3ccc(Cl)cc3Cl)n2CC)cc1. The molecule has 2 N–H and O–H groups in total. The zero-order valence-electron chi connectivity index (χ0n) is 18.6. The average Bonchev–Trinajstić information content (AvgIpc) is 3.21. The number of aryl methyl sites for hydroxylation is 1. The molecule has 0 aliphatic heterocycles. The molecule has 0 saturated carbocycles. The molecular weight excluding hydrogens is 481 g/mol. The maximum atomic E-state index is 12.6. The molecule has 1 atom stereocenters. The molecular formula is C23H25Cl2N5O2S. The second-order valence-corrected chi connectivity index (χ2v) is 9.08. The van der Waals surface area contributed by atoms with Crippen LogP contribution in [-0.4, -0.2) is 32.3 Å². The Morgan fingerprint density at radius 1 is 1.09 bits per heavy atom. The van der Waals surface area contributed by atoms with Gasteiger partial charge in [0.1, 0.15) is 0 Å². The van der Waals surface area contributed by atoms with Gasteiger partial charge in [0.05, 0.1) is 22.4 Å². The number of amides is 2. The fraction of sp³-hybridized carbons (Fsp3) is 0.304. The van der Waals surface area contributed by atoms with Gasteiger partial charge in [0.2, 0.25) is 5.91 Å². The first kappa shape index (κ1) is 25.1. The molecule has 2 aromatic carbocycles. The second kappa shape index (κ2) is 11.5. The Morgan fingerprint density at radius 2 is 1.82 bits per heavy atom. The highest BCUT2D eigenvalue weighted by Gasteiger charge is 2.21. The Kier molecular flexibility index (Phi) is 8.77. The van der Waals surface area contributed by atoms with E-state index in [1.807, 2.05) is 42.7 Å². The van der Waals surface area contributed by atoms with Crippen LogP contribution in [0, 0.1) is 0 Å². The van der Waals surface area contributed by atoms with Crippen molar-refractivity contribution in [3.05, 3.63) is 69.5 Å². The van der Waals surface area contributed by atoms with Crippen LogP contribution in [0.2, 0.25) is 10.0 Å². The minimum Gasteiger partial charge on any atom is -0.342 e. The number of aromatic nitrogens is 3. The number of halogens is 2. The highest BCUT2D eigenvalue weighted by molar-refractivity contribution is 7.99. The summed E-state index contributed by atoms with van der Waals surface area (Å²) in [6.45, 7) is 6.45. The van der Waals surface area contributed by atoms with Crippen molar-refractivity contribution in [3.8, 4) is 0 Å². The van der Waals surface area contributed by atoms with Crippen LogP contribution >= 0.6 is 35.0 Å². The molecule has 0 aliphatic rings. The first-order chi connectivity index (χ1) is 15.8. The third-order valence-corrected chi connectivity index (χ3v) is 6.47. The summed E-state index contributed by atoms with van der Waals surface area (Å²) in [7, 11) is 0. The molecule has 7 nitrogen and oxygen atoms in total. The Bertz CT molecular complexity index is 1130. The predicted molar refractivity (Wildman–Crippen MR) is 133 cm³/mol. The van der Waals surface area contributed by atoms with Crippen LogP contribution in [0.15, 0.2) is 47.6 Å². The summed E-state index contributed by atoms with van der Waals surface area (Å²) in [6, 6.07) is 12.1. The minimum atomic E-state index is -0.419. The largest absolute Gasteiger partial charge is 0.342 e. The highest BCUT2D eigenvalue weighted by Crippen LogP contribution is 2.24. The molecule has 1 heterocycles. The lowest BCUT2D eigenvalue weighted by molar-refractivity contribution is -0.113. The van der Waals surface area contributed by atoms with Gasteiger partial charge in [0.15, 0.2) is 11.0 Å². The summed E-state index contributed by atoms with van der Waals surface area (Å²) < 4.78 is 1.88.